The van der Waals surface area contributed by atoms with E-state index in [0.717, 1.165) is 25.7 Å². The second-order valence-corrected chi connectivity index (χ2v) is 9.54. The minimum absolute atomic E-state index is 0.257. The molecule has 33 heavy (non-hydrogen) atoms. The van der Waals surface area contributed by atoms with Crippen LogP contribution in [-0.2, 0) is 4.74 Å². The molecule has 0 saturated heterocycles. The van der Waals surface area contributed by atoms with E-state index < -0.39 is 17.2 Å². The van der Waals surface area contributed by atoms with Crippen molar-refractivity contribution in [2.24, 2.45) is 0 Å². The lowest BCUT2D eigenvalue weighted by molar-refractivity contribution is 0.161. The summed E-state index contributed by atoms with van der Waals surface area (Å²) in [5.41, 5.74) is 0.429. The summed E-state index contributed by atoms with van der Waals surface area (Å²) in [7, 11) is 1.71. The van der Waals surface area contributed by atoms with Crippen molar-refractivity contribution >= 4 is 11.5 Å². The SMILES string of the molecule is COC[C@H](C)NC1CCC(Nc2cc(-c3ccc(F)c(NCC4(O)CC4)c3)c(F)cn2)CC1. The van der Waals surface area contributed by atoms with Gasteiger partial charge in [-0.3, -0.25) is 0 Å². The maximum atomic E-state index is 14.6. The van der Waals surface area contributed by atoms with Crippen molar-refractivity contribution in [1.82, 2.24) is 10.3 Å². The Hall–Kier alpha value is -2.29. The van der Waals surface area contributed by atoms with Crippen LogP contribution in [0.5, 0.6) is 0 Å². The van der Waals surface area contributed by atoms with Gasteiger partial charge in [-0.15, -0.1) is 0 Å². The second kappa shape index (κ2) is 10.3. The first-order valence-electron chi connectivity index (χ1n) is 11.8. The summed E-state index contributed by atoms with van der Waals surface area (Å²) in [6.45, 7) is 3.10. The molecular weight excluding hydrogens is 426 g/mol. The van der Waals surface area contributed by atoms with Crippen LogP contribution in [-0.4, -0.2) is 54.1 Å². The highest BCUT2D eigenvalue weighted by atomic mass is 19.1. The van der Waals surface area contributed by atoms with Gasteiger partial charge in [0.25, 0.3) is 0 Å². The molecule has 2 aliphatic rings. The molecule has 0 unspecified atom stereocenters. The lowest BCUT2D eigenvalue weighted by Gasteiger charge is -2.31. The fourth-order valence-electron chi connectivity index (χ4n) is 4.46. The molecule has 2 aliphatic carbocycles. The highest BCUT2D eigenvalue weighted by Gasteiger charge is 2.40. The molecule has 0 aliphatic heterocycles. The van der Waals surface area contributed by atoms with Crippen LogP contribution < -0.4 is 16.0 Å². The Kier molecular flexibility index (Phi) is 7.46. The highest BCUT2D eigenvalue weighted by Crippen LogP contribution is 2.36. The third-order valence-electron chi connectivity index (χ3n) is 6.58. The van der Waals surface area contributed by atoms with Gasteiger partial charge in [-0.25, -0.2) is 13.8 Å². The van der Waals surface area contributed by atoms with Crippen LogP contribution in [0.15, 0.2) is 30.5 Å². The Balaban J connectivity index is 1.39. The predicted molar refractivity (Wildman–Crippen MR) is 126 cm³/mol. The van der Waals surface area contributed by atoms with Gasteiger partial charge in [0.2, 0.25) is 0 Å². The van der Waals surface area contributed by atoms with Gasteiger partial charge in [-0.1, -0.05) is 6.07 Å². The van der Waals surface area contributed by atoms with E-state index in [1.165, 1.54) is 12.3 Å². The van der Waals surface area contributed by atoms with Crippen LogP contribution in [0.3, 0.4) is 0 Å². The number of halogens is 2. The van der Waals surface area contributed by atoms with Crippen molar-refractivity contribution in [3.63, 3.8) is 0 Å². The first kappa shape index (κ1) is 23.9. The third-order valence-corrected chi connectivity index (χ3v) is 6.58. The highest BCUT2D eigenvalue weighted by molar-refractivity contribution is 5.71. The molecule has 8 heteroatoms. The van der Waals surface area contributed by atoms with Gasteiger partial charge in [0.1, 0.15) is 17.5 Å². The van der Waals surface area contributed by atoms with Crippen LogP contribution in [0, 0.1) is 11.6 Å². The number of benzene rings is 1. The zero-order chi connectivity index (χ0) is 23.4. The molecule has 4 rings (SSSR count). The van der Waals surface area contributed by atoms with E-state index in [1.807, 2.05) is 0 Å². The van der Waals surface area contributed by atoms with Gasteiger partial charge in [-0.2, -0.15) is 0 Å². The number of aromatic nitrogens is 1. The normalized spacial score (nSPS) is 22.6. The van der Waals surface area contributed by atoms with Gasteiger partial charge in [0.15, 0.2) is 0 Å². The summed E-state index contributed by atoms with van der Waals surface area (Å²) in [4.78, 5) is 4.23. The minimum atomic E-state index is -0.752. The van der Waals surface area contributed by atoms with Gasteiger partial charge in [-0.05, 0) is 69.2 Å². The molecule has 1 aromatic heterocycles. The lowest BCUT2D eigenvalue weighted by Crippen LogP contribution is -2.42. The van der Waals surface area contributed by atoms with Gasteiger partial charge >= 0.3 is 0 Å². The summed E-state index contributed by atoms with van der Waals surface area (Å²) in [5, 5.41) is 20.0. The number of rotatable bonds is 10. The van der Waals surface area contributed by atoms with E-state index in [2.05, 4.69) is 27.9 Å². The van der Waals surface area contributed by atoms with Crippen molar-refractivity contribution in [3.8, 4) is 11.1 Å². The molecule has 4 N–H and O–H groups in total. The van der Waals surface area contributed by atoms with E-state index in [0.29, 0.717) is 48.5 Å². The number of nitrogens with zero attached hydrogens (tertiary/aromatic N) is 1. The fourth-order valence-corrected chi connectivity index (χ4v) is 4.46. The molecule has 1 heterocycles. The molecule has 6 nitrogen and oxygen atoms in total. The van der Waals surface area contributed by atoms with E-state index in [4.69, 9.17) is 4.74 Å². The molecule has 2 aromatic rings. The number of anilines is 2. The van der Waals surface area contributed by atoms with E-state index >= 15 is 0 Å². The van der Waals surface area contributed by atoms with E-state index in [9.17, 15) is 13.9 Å². The molecule has 0 spiro atoms. The zero-order valence-electron chi connectivity index (χ0n) is 19.3. The van der Waals surface area contributed by atoms with Crippen LogP contribution in [0.2, 0.25) is 0 Å². The standard InChI is InChI=1S/C25H34F2N4O2/c1-16(14-33-2)30-18-4-6-19(7-5-18)31-24-12-20(22(27)13-28-24)17-3-8-21(26)23(11-17)29-15-25(32)9-10-25/h3,8,11-13,16,18-19,29-30,32H,4-7,9-10,14-15H2,1-2H3,(H,28,31)/t16-,18?,19?/m0/s1. The van der Waals surface area contributed by atoms with Gasteiger partial charge in [0, 0.05) is 37.3 Å². The zero-order valence-corrected chi connectivity index (χ0v) is 19.3. The minimum Gasteiger partial charge on any atom is -0.388 e. The first-order chi connectivity index (χ1) is 15.8. The van der Waals surface area contributed by atoms with Gasteiger partial charge < -0.3 is 25.8 Å². The number of ether oxygens (including phenoxy) is 1. The van der Waals surface area contributed by atoms with Crippen LogP contribution in [0.1, 0.15) is 45.4 Å². The van der Waals surface area contributed by atoms with Crippen molar-refractivity contribution in [3.05, 3.63) is 42.1 Å². The maximum absolute atomic E-state index is 14.6. The quantitative estimate of drug-likeness (QED) is 0.423. The Morgan fingerprint density at radius 2 is 1.85 bits per heavy atom. The van der Waals surface area contributed by atoms with Crippen LogP contribution >= 0.6 is 0 Å². The monoisotopic (exact) mass is 460 g/mol. The average Bonchev–Trinajstić information content (AvgIpc) is 3.53. The third kappa shape index (κ3) is 6.40. The molecular formula is C25H34F2N4O2. The van der Waals surface area contributed by atoms with Crippen LogP contribution in [0.25, 0.3) is 11.1 Å². The van der Waals surface area contributed by atoms with Crippen molar-refractivity contribution < 1.29 is 18.6 Å². The number of nitrogens with one attached hydrogen (secondary N) is 3. The van der Waals surface area contributed by atoms with Crippen molar-refractivity contribution in [2.75, 3.05) is 30.9 Å². The summed E-state index contributed by atoms with van der Waals surface area (Å²) in [6.07, 6.45) is 6.73. The molecule has 2 saturated carbocycles. The molecule has 180 valence electrons. The smallest absolute Gasteiger partial charge is 0.149 e. The molecule has 0 amide bonds. The first-order valence-corrected chi connectivity index (χ1v) is 11.8. The second-order valence-electron chi connectivity index (χ2n) is 9.54. The number of aliphatic hydroxyl groups is 1. The van der Waals surface area contributed by atoms with E-state index in [1.54, 1.807) is 25.3 Å². The summed E-state index contributed by atoms with van der Waals surface area (Å²) < 4.78 is 34.1. The Labute approximate surface area is 194 Å². The molecule has 0 radical (unpaired) electrons. The molecule has 2 fully saturated rings. The van der Waals surface area contributed by atoms with E-state index in [-0.39, 0.29) is 18.3 Å². The average molecular weight is 461 g/mol. The lowest BCUT2D eigenvalue weighted by atomic mass is 9.90. The topological polar surface area (TPSA) is 78.4 Å². The summed E-state index contributed by atoms with van der Waals surface area (Å²) in [6, 6.07) is 7.23. The summed E-state index contributed by atoms with van der Waals surface area (Å²) >= 11 is 0. The van der Waals surface area contributed by atoms with Crippen molar-refractivity contribution in [1.29, 1.82) is 0 Å². The Morgan fingerprint density at radius 3 is 2.55 bits per heavy atom. The fraction of sp³-hybridized carbons (Fsp3) is 0.560. The summed E-state index contributed by atoms with van der Waals surface area (Å²) in [5.74, 6) is -0.276. The number of methoxy groups -OCH3 is 1. The molecule has 0 bridgehead atoms. The predicted octanol–water partition coefficient (Wildman–Crippen LogP) is 4.31. The molecule has 1 atom stereocenters. The van der Waals surface area contributed by atoms with Gasteiger partial charge in [0.05, 0.1) is 24.1 Å². The van der Waals surface area contributed by atoms with Crippen molar-refractivity contribution in [2.45, 2.75) is 69.2 Å². The Morgan fingerprint density at radius 1 is 1.12 bits per heavy atom. The maximum Gasteiger partial charge on any atom is 0.149 e. The molecule has 1 aromatic carbocycles. The van der Waals surface area contributed by atoms with Crippen LogP contribution in [0.4, 0.5) is 20.3 Å². The number of hydrogen-bond acceptors (Lipinski definition) is 6. The number of pyridine rings is 1. The number of hydrogen-bond donors (Lipinski definition) is 4. The Bertz CT molecular complexity index is 946. The largest absolute Gasteiger partial charge is 0.388 e.